The minimum Gasteiger partial charge on any atom is -0.338 e. The predicted octanol–water partition coefficient (Wildman–Crippen LogP) is 2.28. The molecule has 1 unspecified atom stereocenters. The average Bonchev–Trinajstić information content (AvgIpc) is 2.60. The molecule has 1 aliphatic rings. The molecule has 0 bridgehead atoms. The van der Waals surface area contributed by atoms with Crippen molar-refractivity contribution in [2.45, 2.75) is 32.7 Å². The van der Waals surface area contributed by atoms with Crippen LogP contribution in [0.3, 0.4) is 0 Å². The summed E-state index contributed by atoms with van der Waals surface area (Å²) >= 11 is 0. The Kier molecular flexibility index (Phi) is 5.35. The minimum atomic E-state index is -0.329. The normalized spacial score (nSPS) is 18.9. The van der Waals surface area contributed by atoms with E-state index in [4.69, 9.17) is 5.73 Å². The van der Waals surface area contributed by atoms with Crippen LogP contribution in [0.1, 0.15) is 37.3 Å². The Morgan fingerprint density at radius 3 is 2.95 bits per heavy atom. The monoisotopic (exact) mass is 288 g/mol. The van der Waals surface area contributed by atoms with Gasteiger partial charge in [-0.25, -0.2) is 4.39 Å². The van der Waals surface area contributed by atoms with E-state index in [1.807, 2.05) is 11.0 Å². The Balaban J connectivity index is 2.14. The number of carbonyl (C=O) groups excluding carboxylic acids is 1. The first-order chi connectivity index (χ1) is 10.1. The lowest BCUT2D eigenvalue weighted by Gasteiger charge is -2.21. The molecule has 112 valence electrons. The molecule has 1 fully saturated rings. The highest BCUT2D eigenvalue weighted by atomic mass is 19.1. The molecule has 1 aromatic rings. The lowest BCUT2D eigenvalue weighted by molar-refractivity contribution is -0.131. The molecule has 0 spiro atoms. The van der Waals surface area contributed by atoms with Crippen molar-refractivity contribution in [3.63, 3.8) is 0 Å². The van der Waals surface area contributed by atoms with Gasteiger partial charge in [-0.15, -0.1) is 0 Å². The third-order valence-corrected chi connectivity index (χ3v) is 3.76. The van der Waals surface area contributed by atoms with Crippen LogP contribution in [0.4, 0.5) is 4.39 Å². The van der Waals surface area contributed by atoms with Gasteiger partial charge >= 0.3 is 0 Å². The van der Waals surface area contributed by atoms with E-state index in [1.165, 1.54) is 12.1 Å². The fourth-order valence-electron chi connectivity index (χ4n) is 2.53. The van der Waals surface area contributed by atoms with E-state index < -0.39 is 0 Å². The summed E-state index contributed by atoms with van der Waals surface area (Å²) in [4.78, 5) is 13.9. The highest BCUT2D eigenvalue weighted by Crippen LogP contribution is 2.20. The van der Waals surface area contributed by atoms with Gasteiger partial charge in [0, 0.05) is 25.1 Å². The first-order valence-electron chi connectivity index (χ1n) is 7.34. The third kappa shape index (κ3) is 4.57. The zero-order chi connectivity index (χ0) is 15.2. The Morgan fingerprint density at radius 2 is 2.19 bits per heavy atom. The maximum absolute atomic E-state index is 13.6. The van der Waals surface area contributed by atoms with E-state index in [9.17, 15) is 9.18 Å². The quantitative estimate of drug-likeness (QED) is 0.849. The molecule has 0 radical (unpaired) electrons. The van der Waals surface area contributed by atoms with Gasteiger partial charge in [-0.05, 0) is 42.5 Å². The fraction of sp³-hybridized carbons (Fsp3) is 0.471. The fourth-order valence-corrected chi connectivity index (χ4v) is 2.53. The van der Waals surface area contributed by atoms with Gasteiger partial charge in [0.25, 0.3) is 0 Å². The van der Waals surface area contributed by atoms with Crippen molar-refractivity contribution < 1.29 is 9.18 Å². The van der Waals surface area contributed by atoms with Gasteiger partial charge in [0.15, 0.2) is 0 Å². The lowest BCUT2D eigenvalue weighted by atomic mass is 10.0. The molecule has 21 heavy (non-hydrogen) atoms. The number of hydrogen-bond donors (Lipinski definition) is 1. The van der Waals surface area contributed by atoms with Crippen LogP contribution in [0.5, 0.6) is 0 Å². The van der Waals surface area contributed by atoms with Crippen LogP contribution < -0.4 is 5.73 Å². The Labute approximate surface area is 125 Å². The van der Waals surface area contributed by atoms with Crippen molar-refractivity contribution in [2.24, 2.45) is 11.7 Å². The second-order valence-corrected chi connectivity index (χ2v) is 5.60. The molecule has 2 rings (SSSR count). The summed E-state index contributed by atoms with van der Waals surface area (Å²) in [7, 11) is 0. The van der Waals surface area contributed by atoms with Crippen LogP contribution in [0, 0.1) is 23.6 Å². The summed E-state index contributed by atoms with van der Waals surface area (Å²) in [5.41, 5.74) is 6.71. The van der Waals surface area contributed by atoms with Crippen molar-refractivity contribution in [1.29, 1.82) is 0 Å². The summed E-state index contributed by atoms with van der Waals surface area (Å²) in [6.07, 6.45) is 2.52. The van der Waals surface area contributed by atoms with Gasteiger partial charge in [0.1, 0.15) is 5.82 Å². The molecule has 3 nitrogen and oxygen atoms in total. The van der Waals surface area contributed by atoms with Crippen molar-refractivity contribution in [3.05, 3.63) is 35.1 Å². The molecule has 1 atom stereocenters. The standard InChI is InChI=1S/C17H21FN2O/c1-13-4-5-17(21)20(8-6-13)12-15-9-14(3-2-7-19)10-16(18)11-15/h9-11,13H,4-8,12,19H2,1H3. The molecule has 2 N–H and O–H groups in total. The van der Waals surface area contributed by atoms with Crippen molar-refractivity contribution in [2.75, 3.05) is 13.1 Å². The van der Waals surface area contributed by atoms with Crippen LogP contribution in [0.2, 0.25) is 0 Å². The molecular weight excluding hydrogens is 267 g/mol. The number of halogens is 1. The second kappa shape index (κ2) is 7.24. The Morgan fingerprint density at radius 1 is 1.38 bits per heavy atom. The van der Waals surface area contributed by atoms with E-state index in [0.717, 1.165) is 24.9 Å². The van der Waals surface area contributed by atoms with Crippen LogP contribution in [-0.2, 0) is 11.3 Å². The Hall–Kier alpha value is -1.86. The molecule has 1 heterocycles. The van der Waals surface area contributed by atoms with Crippen LogP contribution >= 0.6 is 0 Å². The van der Waals surface area contributed by atoms with Gasteiger partial charge in [-0.1, -0.05) is 18.8 Å². The molecule has 0 aliphatic carbocycles. The molecular formula is C17H21FN2O. The van der Waals surface area contributed by atoms with Crippen LogP contribution in [0.25, 0.3) is 0 Å². The maximum atomic E-state index is 13.6. The number of carbonyl (C=O) groups is 1. The van der Waals surface area contributed by atoms with Crippen molar-refractivity contribution in [1.82, 2.24) is 4.90 Å². The number of amides is 1. The Bertz CT molecular complexity index is 574. The van der Waals surface area contributed by atoms with E-state index in [-0.39, 0.29) is 18.3 Å². The summed E-state index contributed by atoms with van der Waals surface area (Å²) in [5.74, 6) is 5.94. The van der Waals surface area contributed by atoms with Crippen LogP contribution in [-0.4, -0.2) is 23.9 Å². The van der Waals surface area contributed by atoms with E-state index in [0.29, 0.717) is 24.4 Å². The molecule has 1 aliphatic heterocycles. The molecule has 1 aromatic carbocycles. The highest BCUT2D eigenvalue weighted by molar-refractivity contribution is 5.76. The van der Waals surface area contributed by atoms with Gasteiger partial charge in [-0.2, -0.15) is 0 Å². The lowest BCUT2D eigenvalue weighted by Crippen LogP contribution is -2.29. The van der Waals surface area contributed by atoms with Gasteiger partial charge in [-0.3, -0.25) is 4.79 Å². The summed E-state index contributed by atoms with van der Waals surface area (Å²) in [6, 6.07) is 4.68. The van der Waals surface area contributed by atoms with Crippen molar-refractivity contribution in [3.8, 4) is 11.8 Å². The number of nitrogens with two attached hydrogens (primary N) is 1. The highest BCUT2D eigenvalue weighted by Gasteiger charge is 2.20. The number of rotatable bonds is 2. The van der Waals surface area contributed by atoms with Crippen molar-refractivity contribution >= 4 is 5.91 Å². The summed E-state index contributed by atoms with van der Waals surface area (Å²) < 4.78 is 13.6. The zero-order valence-electron chi connectivity index (χ0n) is 12.4. The number of benzene rings is 1. The topological polar surface area (TPSA) is 46.3 Å². The minimum absolute atomic E-state index is 0.151. The van der Waals surface area contributed by atoms with Gasteiger partial charge in [0.05, 0.1) is 6.54 Å². The zero-order valence-corrected chi connectivity index (χ0v) is 12.4. The maximum Gasteiger partial charge on any atom is 0.222 e. The molecule has 0 aromatic heterocycles. The predicted molar refractivity (Wildman–Crippen MR) is 80.8 cm³/mol. The number of nitrogens with zero attached hydrogens (tertiary/aromatic N) is 1. The first kappa shape index (κ1) is 15.5. The molecule has 0 saturated carbocycles. The smallest absolute Gasteiger partial charge is 0.222 e. The largest absolute Gasteiger partial charge is 0.338 e. The van der Waals surface area contributed by atoms with Gasteiger partial charge < -0.3 is 10.6 Å². The summed E-state index contributed by atoms with van der Waals surface area (Å²) in [5, 5.41) is 0. The van der Waals surface area contributed by atoms with E-state index in [1.54, 1.807) is 0 Å². The summed E-state index contributed by atoms with van der Waals surface area (Å²) in [6.45, 7) is 3.59. The first-order valence-corrected chi connectivity index (χ1v) is 7.34. The third-order valence-electron chi connectivity index (χ3n) is 3.76. The van der Waals surface area contributed by atoms with Gasteiger partial charge in [0.2, 0.25) is 5.91 Å². The average molecular weight is 288 g/mol. The molecule has 4 heteroatoms. The molecule has 1 saturated heterocycles. The SMILES string of the molecule is CC1CCC(=O)N(Cc2cc(F)cc(C#CCN)c2)CC1. The number of likely N-dealkylation sites (tertiary alicyclic amines) is 1. The van der Waals surface area contributed by atoms with E-state index >= 15 is 0 Å². The number of hydrogen-bond acceptors (Lipinski definition) is 2. The van der Waals surface area contributed by atoms with E-state index in [2.05, 4.69) is 18.8 Å². The van der Waals surface area contributed by atoms with Crippen LogP contribution in [0.15, 0.2) is 18.2 Å². The second-order valence-electron chi connectivity index (χ2n) is 5.60. The molecule has 1 amide bonds.